The lowest BCUT2D eigenvalue weighted by Crippen LogP contribution is -2.33. The molecule has 0 spiro atoms. The fourth-order valence-corrected chi connectivity index (χ4v) is 2.87. The van der Waals surface area contributed by atoms with Gasteiger partial charge in [0.05, 0.1) is 6.54 Å². The number of hydrogen-bond donors (Lipinski definition) is 2. The molecule has 24 heavy (non-hydrogen) atoms. The Labute approximate surface area is 134 Å². The highest BCUT2D eigenvalue weighted by Gasteiger charge is 2.24. The summed E-state index contributed by atoms with van der Waals surface area (Å²) < 4.78 is 78.1. The second kappa shape index (κ2) is 6.97. The quantitative estimate of drug-likeness (QED) is 0.801. The predicted octanol–water partition coefficient (Wildman–Crippen LogP) is 2.16. The number of sulfonamides is 1. The summed E-state index contributed by atoms with van der Waals surface area (Å²) in [5.41, 5.74) is -0.116. The Hall–Kier alpha value is -2.46. The Balaban J connectivity index is 2.06. The van der Waals surface area contributed by atoms with E-state index in [0.29, 0.717) is 6.07 Å². The van der Waals surface area contributed by atoms with Gasteiger partial charge in [0, 0.05) is 11.8 Å². The van der Waals surface area contributed by atoms with E-state index in [0.717, 1.165) is 30.3 Å². The van der Waals surface area contributed by atoms with Crippen molar-refractivity contribution in [2.75, 3.05) is 11.9 Å². The van der Waals surface area contributed by atoms with Crippen molar-refractivity contribution in [2.24, 2.45) is 0 Å². The maximum absolute atomic E-state index is 13.5. The largest absolute Gasteiger partial charge is 0.325 e. The number of benzene rings is 2. The summed E-state index contributed by atoms with van der Waals surface area (Å²) in [7, 11) is -4.62. The van der Waals surface area contributed by atoms with Crippen molar-refractivity contribution in [1.29, 1.82) is 0 Å². The molecule has 2 rings (SSSR count). The minimum atomic E-state index is -4.62. The van der Waals surface area contributed by atoms with Crippen LogP contribution in [0.3, 0.4) is 0 Å². The number of hydrogen-bond acceptors (Lipinski definition) is 3. The first kappa shape index (κ1) is 17.9. The van der Waals surface area contributed by atoms with E-state index in [4.69, 9.17) is 0 Å². The van der Waals surface area contributed by atoms with Crippen LogP contribution in [0.5, 0.6) is 0 Å². The van der Waals surface area contributed by atoms with Gasteiger partial charge in [-0.2, -0.15) is 0 Å². The van der Waals surface area contributed by atoms with Crippen LogP contribution in [0.15, 0.2) is 41.3 Å². The van der Waals surface area contributed by atoms with Crippen molar-refractivity contribution in [3.8, 4) is 0 Å². The highest BCUT2D eigenvalue weighted by atomic mass is 32.2. The Morgan fingerprint density at radius 2 is 1.54 bits per heavy atom. The Morgan fingerprint density at radius 3 is 2.12 bits per heavy atom. The normalized spacial score (nSPS) is 11.3. The third kappa shape index (κ3) is 4.09. The molecule has 0 aromatic heterocycles. The fraction of sp³-hybridized carbons (Fsp3) is 0.0714. The van der Waals surface area contributed by atoms with E-state index in [1.54, 1.807) is 4.72 Å². The molecule has 0 atom stereocenters. The molecule has 5 nitrogen and oxygen atoms in total. The van der Waals surface area contributed by atoms with Gasteiger partial charge in [-0.3, -0.25) is 4.79 Å². The summed E-state index contributed by atoms with van der Waals surface area (Å²) in [5.74, 6) is -5.90. The summed E-state index contributed by atoms with van der Waals surface area (Å²) in [4.78, 5) is 10.4. The van der Waals surface area contributed by atoms with Gasteiger partial charge in [-0.05, 0) is 24.3 Å². The fourth-order valence-electron chi connectivity index (χ4n) is 1.75. The van der Waals surface area contributed by atoms with E-state index < -0.39 is 50.6 Å². The van der Waals surface area contributed by atoms with Crippen LogP contribution in [-0.4, -0.2) is 20.9 Å². The lowest BCUT2D eigenvalue weighted by Gasteiger charge is -2.09. The van der Waals surface area contributed by atoms with Gasteiger partial charge in [0.1, 0.15) is 11.6 Å². The van der Waals surface area contributed by atoms with Crippen LogP contribution >= 0.6 is 0 Å². The first-order chi connectivity index (χ1) is 11.2. The number of anilines is 1. The van der Waals surface area contributed by atoms with Gasteiger partial charge in [0.15, 0.2) is 16.5 Å². The van der Waals surface area contributed by atoms with E-state index in [1.807, 2.05) is 0 Å². The number of rotatable bonds is 5. The lowest BCUT2D eigenvalue weighted by atomic mass is 10.3. The van der Waals surface area contributed by atoms with Crippen LogP contribution in [-0.2, 0) is 14.8 Å². The van der Waals surface area contributed by atoms with Crippen LogP contribution in [0.25, 0.3) is 0 Å². The van der Waals surface area contributed by atoms with Crippen molar-refractivity contribution in [3.05, 3.63) is 59.7 Å². The summed E-state index contributed by atoms with van der Waals surface area (Å²) in [5, 5.41) is 2.10. The zero-order chi connectivity index (χ0) is 17.9. The summed E-state index contributed by atoms with van der Waals surface area (Å²) in [6.45, 7) is -0.866. The molecule has 0 heterocycles. The second-order valence-corrected chi connectivity index (χ2v) is 6.26. The summed E-state index contributed by atoms with van der Waals surface area (Å²) in [6, 6.07) is 5.00. The molecule has 0 aliphatic heterocycles. The van der Waals surface area contributed by atoms with Crippen molar-refractivity contribution < 1.29 is 30.8 Å². The van der Waals surface area contributed by atoms with Gasteiger partial charge in [-0.1, -0.05) is 6.07 Å². The zero-order valence-electron chi connectivity index (χ0n) is 11.8. The number of carbonyl (C=O) groups is 1. The van der Waals surface area contributed by atoms with Gasteiger partial charge < -0.3 is 5.32 Å². The molecule has 10 heteroatoms. The standard InChI is InChI=1S/C14H10F4N2O3S/c15-9-5-4-8(6-12(9)18)20-13(21)7-19-24(22,23)14-10(16)2-1-3-11(14)17/h1-6,19H,7H2,(H,20,21). The molecule has 2 aromatic rings. The number of halogens is 4. The molecule has 0 aliphatic rings. The minimum Gasteiger partial charge on any atom is -0.325 e. The highest BCUT2D eigenvalue weighted by Crippen LogP contribution is 2.18. The van der Waals surface area contributed by atoms with Crippen LogP contribution in [0.4, 0.5) is 23.2 Å². The summed E-state index contributed by atoms with van der Waals surface area (Å²) in [6.07, 6.45) is 0. The Morgan fingerprint density at radius 1 is 0.917 bits per heavy atom. The molecule has 2 aromatic carbocycles. The van der Waals surface area contributed by atoms with Gasteiger partial charge in [0.2, 0.25) is 15.9 Å². The second-order valence-electron chi connectivity index (χ2n) is 4.55. The summed E-state index contributed by atoms with van der Waals surface area (Å²) >= 11 is 0. The van der Waals surface area contributed by atoms with E-state index in [2.05, 4.69) is 5.32 Å². The first-order valence-electron chi connectivity index (χ1n) is 6.39. The molecule has 0 saturated heterocycles. The van der Waals surface area contributed by atoms with Gasteiger partial charge >= 0.3 is 0 Å². The first-order valence-corrected chi connectivity index (χ1v) is 7.87. The maximum atomic E-state index is 13.5. The van der Waals surface area contributed by atoms with E-state index in [1.165, 1.54) is 0 Å². The predicted molar refractivity (Wildman–Crippen MR) is 76.5 cm³/mol. The molecule has 0 unspecified atom stereocenters. The lowest BCUT2D eigenvalue weighted by molar-refractivity contribution is -0.115. The van der Waals surface area contributed by atoms with Crippen LogP contribution in [0.1, 0.15) is 0 Å². The van der Waals surface area contributed by atoms with Gasteiger partial charge in [-0.15, -0.1) is 0 Å². The molecule has 0 fully saturated rings. The SMILES string of the molecule is O=C(CNS(=O)(=O)c1c(F)cccc1F)Nc1ccc(F)c(F)c1. The monoisotopic (exact) mass is 362 g/mol. The molecular formula is C14H10F4N2O3S. The molecule has 128 valence electrons. The number of nitrogens with one attached hydrogen (secondary N) is 2. The third-order valence-corrected chi connectivity index (χ3v) is 4.27. The highest BCUT2D eigenvalue weighted by molar-refractivity contribution is 7.89. The topological polar surface area (TPSA) is 75.3 Å². The molecule has 0 saturated carbocycles. The molecule has 1 amide bonds. The molecule has 2 N–H and O–H groups in total. The van der Waals surface area contributed by atoms with E-state index in [9.17, 15) is 30.8 Å². The molecule has 0 aliphatic carbocycles. The zero-order valence-corrected chi connectivity index (χ0v) is 12.6. The average Bonchev–Trinajstić information content (AvgIpc) is 2.49. The van der Waals surface area contributed by atoms with Crippen LogP contribution < -0.4 is 10.0 Å². The van der Waals surface area contributed by atoms with Gasteiger partial charge in [0.25, 0.3) is 0 Å². The maximum Gasteiger partial charge on any atom is 0.246 e. The van der Waals surface area contributed by atoms with Crippen LogP contribution in [0.2, 0.25) is 0 Å². The molecule has 0 radical (unpaired) electrons. The number of amides is 1. The molecule has 0 bridgehead atoms. The minimum absolute atomic E-state index is 0.116. The van der Waals surface area contributed by atoms with Crippen molar-refractivity contribution >= 4 is 21.6 Å². The van der Waals surface area contributed by atoms with Gasteiger partial charge in [-0.25, -0.2) is 30.7 Å². The average molecular weight is 362 g/mol. The third-order valence-electron chi connectivity index (χ3n) is 2.81. The van der Waals surface area contributed by atoms with E-state index >= 15 is 0 Å². The van der Waals surface area contributed by atoms with Crippen molar-refractivity contribution in [1.82, 2.24) is 4.72 Å². The van der Waals surface area contributed by atoms with Crippen molar-refractivity contribution in [2.45, 2.75) is 4.90 Å². The Bertz CT molecular complexity index is 867. The van der Waals surface area contributed by atoms with Crippen LogP contribution in [0, 0.1) is 23.3 Å². The van der Waals surface area contributed by atoms with Crippen molar-refractivity contribution in [3.63, 3.8) is 0 Å². The van der Waals surface area contributed by atoms with E-state index in [-0.39, 0.29) is 5.69 Å². The molecular weight excluding hydrogens is 352 g/mol. The Kier molecular flexibility index (Phi) is 5.20. The smallest absolute Gasteiger partial charge is 0.246 e. The number of carbonyl (C=O) groups excluding carboxylic acids is 1.